The van der Waals surface area contributed by atoms with Crippen molar-refractivity contribution in [3.63, 3.8) is 0 Å². The maximum Gasteiger partial charge on any atom is 0.287 e. The number of carbonyl (C=O) groups is 1. The van der Waals surface area contributed by atoms with Crippen LogP contribution in [0.25, 0.3) is 11.3 Å². The molecule has 1 aliphatic rings. The Morgan fingerprint density at radius 2 is 2.12 bits per heavy atom. The molecule has 1 saturated carbocycles. The third-order valence-electron chi connectivity index (χ3n) is 4.01. The Kier molecular flexibility index (Phi) is 4.24. The van der Waals surface area contributed by atoms with Crippen molar-refractivity contribution in [3.05, 3.63) is 52.5 Å². The number of carbonyl (C=O) groups excluding carboxylic acids is 1. The SMILES string of the molecule is CC(=O)N(CC1CC1)c1ccc(-c2ccc([N+](=O)[O-])cn2)cc1F. The highest BCUT2D eigenvalue weighted by molar-refractivity contribution is 5.92. The first-order valence-electron chi connectivity index (χ1n) is 7.64. The molecule has 0 unspecified atom stereocenters. The summed E-state index contributed by atoms with van der Waals surface area (Å²) in [5.41, 5.74) is 1.06. The number of nitrogens with zero attached hydrogens (tertiary/aromatic N) is 3. The fourth-order valence-corrected chi connectivity index (χ4v) is 2.51. The normalized spacial score (nSPS) is 13.6. The highest BCUT2D eigenvalue weighted by atomic mass is 19.1. The summed E-state index contributed by atoms with van der Waals surface area (Å²) < 4.78 is 14.5. The second kappa shape index (κ2) is 6.35. The van der Waals surface area contributed by atoms with Crippen molar-refractivity contribution in [2.45, 2.75) is 19.8 Å². The number of amides is 1. The molecular formula is C17H16FN3O3. The third kappa shape index (κ3) is 3.40. The van der Waals surface area contributed by atoms with Crippen molar-refractivity contribution < 1.29 is 14.1 Å². The lowest BCUT2D eigenvalue weighted by Gasteiger charge is -2.22. The standard InChI is InChI=1S/C17H16FN3O3/c1-11(22)20(10-12-2-3-12)17-7-4-13(8-15(17)18)16-6-5-14(9-19-16)21(23)24/h4-9,12H,2-3,10H2,1H3. The van der Waals surface area contributed by atoms with Crippen LogP contribution < -0.4 is 4.90 Å². The zero-order chi connectivity index (χ0) is 17.3. The van der Waals surface area contributed by atoms with Gasteiger partial charge in [0.15, 0.2) is 0 Å². The third-order valence-corrected chi connectivity index (χ3v) is 4.01. The fraction of sp³-hybridized carbons (Fsp3) is 0.294. The van der Waals surface area contributed by atoms with Gasteiger partial charge in [0.25, 0.3) is 5.69 Å². The molecule has 0 spiro atoms. The van der Waals surface area contributed by atoms with Gasteiger partial charge in [0.1, 0.15) is 12.0 Å². The Labute approximate surface area is 138 Å². The number of hydrogen-bond donors (Lipinski definition) is 0. The molecule has 124 valence electrons. The van der Waals surface area contributed by atoms with Crippen LogP contribution in [-0.2, 0) is 4.79 Å². The molecule has 0 N–H and O–H groups in total. The largest absolute Gasteiger partial charge is 0.310 e. The van der Waals surface area contributed by atoms with Crippen LogP contribution in [0.1, 0.15) is 19.8 Å². The van der Waals surface area contributed by atoms with Gasteiger partial charge in [-0.15, -0.1) is 0 Å². The van der Waals surface area contributed by atoms with E-state index < -0.39 is 10.7 Å². The monoisotopic (exact) mass is 329 g/mol. The second-order valence-corrected chi connectivity index (χ2v) is 5.90. The van der Waals surface area contributed by atoms with Crippen molar-refractivity contribution in [3.8, 4) is 11.3 Å². The number of pyridine rings is 1. The van der Waals surface area contributed by atoms with Crippen LogP contribution in [0.15, 0.2) is 36.5 Å². The number of hydrogen-bond acceptors (Lipinski definition) is 4. The van der Waals surface area contributed by atoms with Crippen LogP contribution in [0.2, 0.25) is 0 Å². The quantitative estimate of drug-likeness (QED) is 0.621. The molecule has 0 bridgehead atoms. The molecule has 0 aliphatic heterocycles. The Morgan fingerprint density at radius 1 is 1.38 bits per heavy atom. The summed E-state index contributed by atoms with van der Waals surface area (Å²) in [5.74, 6) is -0.255. The first-order valence-corrected chi connectivity index (χ1v) is 7.64. The van der Waals surface area contributed by atoms with E-state index >= 15 is 0 Å². The van der Waals surface area contributed by atoms with Crippen molar-refractivity contribution in [2.24, 2.45) is 5.92 Å². The second-order valence-electron chi connectivity index (χ2n) is 5.90. The predicted octanol–water partition coefficient (Wildman–Crippen LogP) is 3.56. The maximum absolute atomic E-state index is 14.5. The Balaban J connectivity index is 1.88. The van der Waals surface area contributed by atoms with Gasteiger partial charge >= 0.3 is 0 Å². The molecule has 0 saturated heterocycles. The van der Waals surface area contributed by atoms with Crippen LogP contribution in [0.4, 0.5) is 15.8 Å². The number of rotatable bonds is 5. The summed E-state index contributed by atoms with van der Waals surface area (Å²) in [5, 5.41) is 10.6. The highest BCUT2D eigenvalue weighted by Gasteiger charge is 2.27. The van der Waals surface area contributed by atoms with E-state index in [4.69, 9.17) is 0 Å². The van der Waals surface area contributed by atoms with E-state index in [1.54, 1.807) is 12.1 Å². The minimum atomic E-state index is -0.539. The average molecular weight is 329 g/mol. The van der Waals surface area contributed by atoms with Crippen LogP contribution in [0.5, 0.6) is 0 Å². The van der Waals surface area contributed by atoms with E-state index in [1.165, 1.54) is 30.0 Å². The molecular weight excluding hydrogens is 313 g/mol. The molecule has 7 heteroatoms. The zero-order valence-electron chi connectivity index (χ0n) is 13.1. The lowest BCUT2D eigenvalue weighted by molar-refractivity contribution is -0.385. The molecule has 24 heavy (non-hydrogen) atoms. The maximum atomic E-state index is 14.5. The molecule has 1 amide bonds. The molecule has 0 atom stereocenters. The van der Waals surface area contributed by atoms with Gasteiger partial charge in [0.05, 0.1) is 16.3 Å². The average Bonchev–Trinajstić information content (AvgIpc) is 3.37. The van der Waals surface area contributed by atoms with Gasteiger partial charge in [0, 0.05) is 25.1 Å². The van der Waals surface area contributed by atoms with Gasteiger partial charge in [-0.05, 0) is 37.0 Å². The van der Waals surface area contributed by atoms with Crippen molar-refractivity contribution in [1.82, 2.24) is 4.98 Å². The van der Waals surface area contributed by atoms with Crippen molar-refractivity contribution in [2.75, 3.05) is 11.4 Å². The van der Waals surface area contributed by atoms with E-state index in [9.17, 15) is 19.3 Å². The molecule has 1 aromatic carbocycles. The minimum Gasteiger partial charge on any atom is -0.310 e. The van der Waals surface area contributed by atoms with E-state index in [1.807, 2.05) is 0 Å². The number of anilines is 1. The molecule has 0 radical (unpaired) electrons. The summed E-state index contributed by atoms with van der Waals surface area (Å²) in [7, 11) is 0. The van der Waals surface area contributed by atoms with Gasteiger partial charge in [-0.2, -0.15) is 0 Å². The number of aromatic nitrogens is 1. The number of halogens is 1. The van der Waals surface area contributed by atoms with Crippen LogP contribution >= 0.6 is 0 Å². The van der Waals surface area contributed by atoms with Gasteiger partial charge in [0.2, 0.25) is 5.91 Å². The highest BCUT2D eigenvalue weighted by Crippen LogP contribution is 2.33. The van der Waals surface area contributed by atoms with E-state index in [0.29, 0.717) is 23.7 Å². The summed E-state index contributed by atoms with van der Waals surface area (Å²) in [4.78, 5) is 27.4. The van der Waals surface area contributed by atoms with Gasteiger partial charge < -0.3 is 4.90 Å². The Hall–Kier alpha value is -2.83. The smallest absolute Gasteiger partial charge is 0.287 e. The van der Waals surface area contributed by atoms with Gasteiger partial charge in [-0.1, -0.05) is 6.07 Å². The van der Waals surface area contributed by atoms with E-state index in [2.05, 4.69) is 4.98 Å². The van der Waals surface area contributed by atoms with Crippen molar-refractivity contribution in [1.29, 1.82) is 0 Å². The first kappa shape index (κ1) is 16.0. The van der Waals surface area contributed by atoms with Crippen LogP contribution in [0, 0.1) is 21.8 Å². The van der Waals surface area contributed by atoms with E-state index in [-0.39, 0.29) is 17.3 Å². The lowest BCUT2D eigenvalue weighted by Crippen LogP contribution is -2.31. The summed E-state index contributed by atoms with van der Waals surface area (Å²) in [6.45, 7) is 1.95. The molecule has 1 aromatic heterocycles. The summed E-state index contributed by atoms with van der Waals surface area (Å²) in [6.07, 6.45) is 3.27. The Morgan fingerprint density at radius 3 is 2.62 bits per heavy atom. The predicted molar refractivity (Wildman–Crippen MR) is 87.0 cm³/mol. The lowest BCUT2D eigenvalue weighted by atomic mass is 10.1. The molecule has 1 fully saturated rings. The van der Waals surface area contributed by atoms with E-state index in [0.717, 1.165) is 19.0 Å². The summed E-state index contributed by atoms with van der Waals surface area (Å²) >= 11 is 0. The molecule has 2 aromatic rings. The van der Waals surface area contributed by atoms with Gasteiger partial charge in [-0.3, -0.25) is 14.9 Å². The zero-order valence-corrected chi connectivity index (χ0v) is 13.1. The van der Waals surface area contributed by atoms with Crippen LogP contribution in [-0.4, -0.2) is 22.4 Å². The Bertz CT molecular complexity index is 788. The van der Waals surface area contributed by atoms with Crippen LogP contribution in [0.3, 0.4) is 0 Å². The first-order chi connectivity index (χ1) is 11.5. The summed E-state index contributed by atoms with van der Waals surface area (Å²) in [6, 6.07) is 7.31. The molecule has 3 rings (SSSR count). The number of benzene rings is 1. The van der Waals surface area contributed by atoms with Gasteiger partial charge in [-0.25, -0.2) is 9.37 Å². The minimum absolute atomic E-state index is 0.122. The topological polar surface area (TPSA) is 76.3 Å². The number of nitro groups is 1. The molecule has 1 aliphatic carbocycles. The van der Waals surface area contributed by atoms with Crippen molar-refractivity contribution >= 4 is 17.3 Å². The fourth-order valence-electron chi connectivity index (χ4n) is 2.51. The molecule has 6 nitrogen and oxygen atoms in total. The molecule has 1 heterocycles.